The first kappa shape index (κ1) is 17.8. The second-order valence-corrected chi connectivity index (χ2v) is 5.31. The minimum Gasteiger partial charge on any atom is -0.434 e. The number of para-hydroxylation sites is 1. The van der Waals surface area contributed by atoms with Gasteiger partial charge in [0, 0.05) is 12.1 Å². The van der Waals surface area contributed by atoms with Crippen molar-refractivity contribution in [2.45, 2.75) is 19.1 Å². The van der Waals surface area contributed by atoms with Gasteiger partial charge in [-0.1, -0.05) is 18.2 Å². The highest BCUT2D eigenvalue weighted by atomic mass is 19.3. The fourth-order valence-electron chi connectivity index (χ4n) is 2.30. The first-order valence-corrected chi connectivity index (χ1v) is 7.04. The van der Waals surface area contributed by atoms with Crippen molar-refractivity contribution in [3.05, 3.63) is 29.8 Å². The van der Waals surface area contributed by atoms with Crippen LogP contribution in [0.5, 0.6) is 5.75 Å². The van der Waals surface area contributed by atoms with Gasteiger partial charge in [-0.25, -0.2) is 0 Å². The first-order chi connectivity index (χ1) is 9.95. The lowest BCUT2D eigenvalue weighted by Gasteiger charge is -2.29. The highest BCUT2D eigenvalue weighted by Crippen LogP contribution is 2.29. The van der Waals surface area contributed by atoms with E-state index >= 15 is 0 Å². The molecule has 0 aliphatic heterocycles. The molecule has 0 saturated carbocycles. The number of nitrogens with two attached hydrogens (primary N) is 1. The molecule has 1 aromatic carbocycles. The van der Waals surface area contributed by atoms with E-state index in [1.54, 1.807) is 18.2 Å². The summed E-state index contributed by atoms with van der Waals surface area (Å²) in [4.78, 5) is 4.19. The fraction of sp³-hybridized carbons (Fsp3) is 0.600. The number of alkyl halides is 2. The van der Waals surface area contributed by atoms with Gasteiger partial charge in [0.15, 0.2) is 0 Å². The summed E-state index contributed by atoms with van der Waals surface area (Å²) in [5.41, 5.74) is 6.54. The van der Waals surface area contributed by atoms with Crippen LogP contribution in [0.3, 0.4) is 0 Å². The molecule has 0 aliphatic rings. The van der Waals surface area contributed by atoms with Crippen molar-refractivity contribution in [3.63, 3.8) is 0 Å². The van der Waals surface area contributed by atoms with Crippen LogP contribution < -0.4 is 10.5 Å². The Morgan fingerprint density at radius 3 is 2.38 bits per heavy atom. The maximum atomic E-state index is 12.5. The summed E-state index contributed by atoms with van der Waals surface area (Å²) in [5.74, 6) is 0.197. The average Bonchev–Trinajstić information content (AvgIpc) is 2.40. The molecule has 1 unspecified atom stereocenters. The molecule has 2 N–H and O–H groups in total. The van der Waals surface area contributed by atoms with Crippen LogP contribution in [0.15, 0.2) is 24.3 Å². The monoisotopic (exact) mass is 301 g/mol. The van der Waals surface area contributed by atoms with Crippen molar-refractivity contribution in [1.82, 2.24) is 9.80 Å². The molecule has 0 aromatic heterocycles. The zero-order valence-electron chi connectivity index (χ0n) is 12.9. The maximum Gasteiger partial charge on any atom is 0.387 e. The van der Waals surface area contributed by atoms with Crippen molar-refractivity contribution < 1.29 is 13.5 Å². The van der Waals surface area contributed by atoms with E-state index in [4.69, 9.17) is 5.73 Å². The molecule has 1 atom stereocenters. The van der Waals surface area contributed by atoms with Crippen molar-refractivity contribution >= 4 is 0 Å². The smallest absolute Gasteiger partial charge is 0.387 e. The lowest BCUT2D eigenvalue weighted by atomic mass is 10.0. The normalized spacial score (nSPS) is 13.2. The standard InChI is InChI=1S/C15H25F2N3O/c1-19(2)9-6-10-20(3)13(11-18)12-7-4-5-8-14(12)21-15(16)17/h4-5,7-8,13,15H,6,9-11,18H2,1-3H3. The van der Waals surface area contributed by atoms with Gasteiger partial charge in [0.2, 0.25) is 0 Å². The van der Waals surface area contributed by atoms with Crippen LogP contribution in [-0.2, 0) is 0 Å². The molecule has 21 heavy (non-hydrogen) atoms. The second-order valence-electron chi connectivity index (χ2n) is 5.31. The van der Waals surface area contributed by atoms with Gasteiger partial charge < -0.3 is 15.4 Å². The summed E-state index contributed by atoms with van der Waals surface area (Å²) in [6.45, 7) is -0.675. The molecule has 0 saturated heterocycles. The van der Waals surface area contributed by atoms with Gasteiger partial charge in [0.05, 0.1) is 6.04 Å². The SMILES string of the molecule is CN(C)CCCN(C)C(CN)c1ccccc1OC(F)F. The largest absolute Gasteiger partial charge is 0.434 e. The van der Waals surface area contributed by atoms with E-state index in [0.717, 1.165) is 19.5 Å². The topological polar surface area (TPSA) is 41.7 Å². The highest BCUT2D eigenvalue weighted by Gasteiger charge is 2.20. The van der Waals surface area contributed by atoms with Crippen LogP contribution in [0, 0.1) is 0 Å². The van der Waals surface area contributed by atoms with Gasteiger partial charge in [0.1, 0.15) is 5.75 Å². The summed E-state index contributed by atoms with van der Waals surface area (Å²) >= 11 is 0. The van der Waals surface area contributed by atoms with E-state index in [0.29, 0.717) is 12.1 Å². The van der Waals surface area contributed by atoms with Crippen LogP contribution >= 0.6 is 0 Å². The molecule has 0 fully saturated rings. The molecule has 0 amide bonds. The van der Waals surface area contributed by atoms with E-state index in [1.807, 2.05) is 27.2 Å². The quantitative estimate of drug-likeness (QED) is 0.759. The average molecular weight is 301 g/mol. The number of halogens is 2. The summed E-state index contributed by atoms with van der Waals surface area (Å²) in [5, 5.41) is 0. The third kappa shape index (κ3) is 5.95. The van der Waals surface area contributed by atoms with Crippen molar-refractivity contribution in [2.24, 2.45) is 5.73 Å². The minimum atomic E-state index is -2.83. The van der Waals surface area contributed by atoms with Crippen molar-refractivity contribution in [1.29, 1.82) is 0 Å². The van der Waals surface area contributed by atoms with Crippen LogP contribution in [0.25, 0.3) is 0 Å². The predicted molar refractivity (Wildman–Crippen MR) is 80.7 cm³/mol. The Labute approximate surface area is 125 Å². The first-order valence-electron chi connectivity index (χ1n) is 7.04. The number of nitrogens with zero attached hydrogens (tertiary/aromatic N) is 2. The van der Waals surface area contributed by atoms with E-state index < -0.39 is 6.61 Å². The summed E-state index contributed by atoms with van der Waals surface area (Å²) < 4.78 is 29.6. The van der Waals surface area contributed by atoms with Crippen molar-refractivity contribution in [2.75, 3.05) is 40.8 Å². The van der Waals surface area contributed by atoms with Crippen LogP contribution in [0.1, 0.15) is 18.0 Å². The Bertz CT molecular complexity index is 416. The number of benzene rings is 1. The third-order valence-corrected chi connectivity index (χ3v) is 3.37. The number of hydrogen-bond acceptors (Lipinski definition) is 4. The number of likely N-dealkylation sites (N-methyl/N-ethyl adjacent to an activating group) is 1. The van der Waals surface area contributed by atoms with Gasteiger partial charge >= 0.3 is 6.61 Å². The molecular weight excluding hydrogens is 276 g/mol. The number of rotatable bonds is 9. The minimum absolute atomic E-state index is 0.137. The summed E-state index contributed by atoms with van der Waals surface area (Å²) in [6, 6.07) is 6.70. The Morgan fingerprint density at radius 2 is 1.81 bits per heavy atom. The predicted octanol–water partition coefficient (Wildman–Crippen LogP) is 2.17. The van der Waals surface area contributed by atoms with Crippen molar-refractivity contribution in [3.8, 4) is 5.75 Å². The van der Waals surface area contributed by atoms with Crippen LogP contribution in [0.4, 0.5) is 8.78 Å². The molecule has 6 heteroatoms. The van der Waals surface area contributed by atoms with E-state index in [1.165, 1.54) is 0 Å². The lowest BCUT2D eigenvalue weighted by Crippen LogP contribution is -2.33. The van der Waals surface area contributed by atoms with Gasteiger partial charge in [0.25, 0.3) is 0 Å². The van der Waals surface area contributed by atoms with E-state index in [2.05, 4.69) is 14.5 Å². The number of ether oxygens (including phenoxy) is 1. The molecule has 1 rings (SSSR count). The van der Waals surface area contributed by atoms with Gasteiger partial charge in [-0.05, 0) is 46.7 Å². The maximum absolute atomic E-state index is 12.5. The Balaban J connectivity index is 2.79. The second kappa shape index (κ2) is 8.92. The fourth-order valence-corrected chi connectivity index (χ4v) is 2.30. The van der Waals surface area contributed by atoms with Gasteiger partial charge in [-0.3, -0.25) is 4.90 Å². The molecule has 0 bridgehead atoms. The zero-order valence-corrected chi connectivity index (χ0v) is 12.9. The lowest BCUT2D eigenvalue weighted by molar-refractivity contribution is -0.0510. The Hall–Kier alpha value is -1.24. The van der Waals surface area contributed by atoms with Gasteiger partial charge in [-0.15, -0.1) is 0 Å². The van der Waals surface area contributed by atoms with Crippen LogP contribution in [-0.4, -0.2) is 57.2 Å². The number of hydrogen-bond donors (Lipinski definition) is 1. The third-order valence-electron chi connectivity index (χ3n) is 3.37. The highest BCUT2D eigenvalue weighted by molar-refractivity contribution is 5.36. The van der Waals surface area contributed by atoms with Gasteiger partial charge in [-0.2, -0.15) is 8.78 Å². The molecule has 0 aliphatic carbocycles. The molecule has 120 valence electrons. The van der Waals surface area contributed by atoms with E-state index in [-0.39, 0.29) is 11.8 Å². The Morgan fingerprint density at radius 1 is 1.14 bits per heavy atom. The molecule has 1 aromatic rings. The summed E-state index contributed by atoms with van der Waals surface area (Å²) in [6.07, 6.45) is 0.984. The molecule has 0 radical (unpaired) electrons. The Kier molecular flexibility index (Phi) is 7.56. The van der Waals surface area contributed by atoms with E-state index in [9.17, 15) is 8.78 Å². The molecule has 0 heterocycles. The van der Waals surface area contributed by atoms with Crippen LogP contribution in [0.2, 0.25) is 0 Å². The molecule has 4 nitrogen and oxygen atoms in total. The summed E-state index contributed by atoms with van der Waals surface area (Å²) in [7, 11) is 5.99. The zero-order chi connectivity index (χ0) is 15.8. The molecule has 0 spiro atoms. The molecular formula is C15H25F2N3O.